The Morgan fingerprint density at radius 1 is 0.514 bits per heavy atom. The molecule has 4 nitrogen and oxygen atoms in total. The maximum atomic E-state index is 10.2. The van der Waals surface area contributed by atoms with Crippen molar-refractivity contribution in [3.63, 3.8) is 0 Å². The number of nitrogens with zero attached hydrogens (tertiary/aromatic N) is 3. The second-order valence-corrected chi connectivity index (χ2v) is 8.30. The van der Waals surface area contributed by atoms with Crippen LogP contribution in [0.5, 0.6) is 5.75 Å². The summed E-state index contributed by atoms with van der Waals surface area (Å²) in [6.07, 6.45) is 1.69. The first-order valence-electron chi connectivity index (χ1n) is 11.4. The molecule has 0 saturated carbocycles. The molecule has 2 aromatic heterocycles. The van der Waals surface area contributed by atoms with E-state index in [2.05, 4.69) is 41.4 Å². The molecule has 166 valence electrons. The van der Waals surface area contributed by atoms with Crippen LogP contribution in [0.3, 0.4) is 0 Å². The molecule has 0 fully saturated rings. The summed E-state index contributed by atoms with van der Waals surface area (Å²) < 4.78 is 0. The highest BCUT2D eigenvalue weighted by atomic mass is 16.3. The standard InChI is InChI=1S/C31H21N3O/c35-29-18-17-25(26-12-7-19-32-30(26)29)21-13-15-23(16-14-21)28-20-27(22-8-3-1-4-9-22)33-31(34-28)24-10-5-2-6-11-24/h1-20,35H. The van der Waals surface area contributed by atoms with Crippen LogP contribution in [0, 0.1) is 0 Å². The van der Waals surface area contributed by atoms with E-state index in [0.29, 0.717) is 11.3 Å². The van der Waals surface area contributed by atoms with Gasteiger partial charge in [0.05, 0.1) is 11.4 Å². The SMILES string of the molecule is Oc1ccc(-c2ccc(-c3cc(-c4ccccc4)nc(-c4ccccc4)n3)cc2)c2cccnc12. The van der Waals surface area contributed by atoms with Gasteiger partial charge < -0.3 is 5.11 Å². The molecule has 0 aliphatic heterocycles. The molecule has 0 atom stereocenters. The number of pyridine rings is 1. The van der Waals surface area contributed by atoms with Crippen molar-refractivity contribution in [3.05, 3.63) is 121 Å². The van der Waals surface area contributed by atoms with Gasteiger partial charge in [0.1, 0.15) is 11.3 Å². The van der Waals surface area contributed by atoms with Gasteiger partial charge in [-0.3, -0.25) is 4.98 Å². The van der Waals surface area contributed by atoms with E-state index in [9.17, 15) is 5.11 Å². The van der Waals surface area contributed by atoms with E-state index in [1.54, 1.807) is 12.3 Å². The van der Waals surface area contributed by atoms with Crippen molar-refractivity contribution in [2.24, 2.45) is 0 Å². The molecule has 6 aromatic rings. The van der Waals surface area contributed by atoms with E-state index in [1.165, 1.54) is 0 Å². The summed E-state index contributed by atoms with van der Waals surface area (Å²) in [5.74, 6) is 0.880. The fraction of sp³-hybridized carbons (Fsp3) is 0. The van der Waals surface area contributed by atoms with Gasteiger partial charge >= 0.3 is 0 Å². The first-order chi connectivity index (χ1) is 17.3. The van der Waals surface area contributed by atoms with Crippen molar-refractivity contribution in [2.45, 2.75) is 0 Å². The minimum atomic E-state index is 0.184. The largest absolute Gasteiger partial charge is 0.506 e. The summed E-state index contributed by atoms with van der Waals surface area (Å²) in [4.78, 5) is 14.1. The number of rotatable bonds is 4. The summed E-state index contributed by atoms with van der Waals surface area (Å²) in [6.45, 7) is 0. The van der Waals surface area contributed by atoms with Crippen molar-refractivity contribution in [1.29, 1.82) is 0 Å². The van der Waals surface area contributed by atoms with E-state index in [0.717, 1.165) is 44.6 Å². The lowest BCUT2D eigenvalue weighted by Crippen LogP contribution is -1.95. The molecular formula is C31H21N3O. The van der Waals surface area contributed by atoms with Gasteiger partial charge in [0.15, 0.2) is 5.82 Å². The molecule has 0 aliphatic carbocycles. The van der Waals surface area contributed by atoms with Crippen LogP contribution >= 0.6 is 0 Å². The van der Waals surface area contributed by atoms with Crippen molar-refractivity contribution >= 4 is 10.9 Å². The summed E-state index contributed by atoms with van der Waals surface area (Å²) in [6, 6.07) is 38.1. The second-order valence-electron chi connectivity index (χ2n) is 8.30. The maximum Gasteiger partial charge on any atom is 0.160 e. The molecule has 4 aromatic carbocycles. The van der Waals surface area contributed by atoms with Crippen LogP contribution in [0.15, 0.2) is 121 Å². The Labute approximate surface area is 203 Å². The first kappa shape index (κ1) is 20.8. The minimum absolute atomic E-state index is 0.184. The third-order valence-corrected chi connectivity index (χ3v) is 6.07. The van der Waals surface area contributed by atoms with Crippen LogP contribution in [0.1, 0.15) is 0 Å². The van der Waals surface area contributed by atoms with Gasteiger partial charge in [-0.05, 0) is 35.4 Å². The average Bonchev–Trinajstić information content (AvgIpc) is 2.94. The number of benzene rings is 4. The van der Waals surface area contributed by atoms with Crippen LogP contribution in [-0.2, 0) is 0 Å². The number of phenols is 1. The zero-order valence-electron chi connectivity index (χ0n) is 18.8. The maximum absolute atomic E-state index is 10.2. The molecule has 0 spiro atoms. The van der Waals surface area contributed by atoms with E-state index in [-0.39, 0.29) is 5.75 Å². The minimum Gasteiger partial charge on any atom is -0.506 e. The Bertz CT molecular complexity index is 1570. The third-order valence-electron chi connectivity index (χ3n) is 6.07. The zero-order valence-corrected chi connectivity index (χ0v) is 18.8. The lowest BCUT2D eigenvalue weighted by molar-refractivity contribution is 0.480. The highest BCUT2D eigenvalue weighted by Gasteiger charge is 2.12. The fourth-order valence-corrected chi connectivity index (χ4v) is 4.30. The van der Waals surface area contributed by atoms with Crippen molar-refractivity contribution in [3.8, 4) is 50.8 Å². The van der Waals surface area contributed by atoms with E-state index >= 15 is 0 Å². The molecule has 0 saturated heterocycles. The normalized spacial score (nSPS) is 11.0. The summed E-state index contributed by atoms with van der Waals surface area (Å²) in [7, 11) is 0. The summed E-state index contributed by atoms with van der Waals surface area (Å²) in [5.41, 5.74) is 7.45. The smallest absolute Gasteiger partial charge is 0.160 e. The lowest BCUT2D eigenvalue weighted by atomic mass is 9.98. The van der Waals surface area contributed by atoms with Crippen molar-refractivity contribution in [1.82, 2.24) is 15.0 Å². The second kappa shape index (κ2) is 8.84. The fourth-order valence-electron chi connectivity index (χ4n) is 4.30. The average molecular weight is 452 g/mol. The number of aromatic nitrogens is 3. The molecular weight excluding hydrogens is 430 g/mol. The molecule has 4 heteroatoms. The van der Waals surface area contributed by atoms with E-state index in [4.69, 9.17) is 9.97 Å². The molecule has 2 heterocycles. The van der Waals surface area contributed by atoms with Gasteiger partial charge in [-0.15, -0.1) is 0 Å². The molecule has 0 aliphatic rings. The topological polar surface area (TPSA) is 58.9 Å². The number of fused-ring (bicyclic) bond motifs is 1. The van der Waals surface area contributed by atoms with Gasteiger partial charge in [0.2, 0.25) is 0 Å². The van der Waals surface area contributed by atoms with Crippen molar-refractivity contribution in [2.75, 3.05) is 0 Å². The molecule has 1 N–H and O–H groups in total. The van der Waals surface area contributed by atoms with E-state index < -0.39 is 0 Å². The van der Waals surface area contributed by atoms with Gasteiger partial charge in [-0.2, -0.15) is 0 Å². The monoisotopic (exact) mass is 451 g/mol. The van der Waals surface area contributed by atoms with Crippen LogP contribution < -0.4 is 0 Å². The Morgan fingerprint density at radius 3 is 1.80 bits per heavy atom. The third kappa shape index (κ3) is 4.02. The summed E-state index contributed by atoms with van der Waals surface area (Å²) in [5, 5.41) is 11.1. The first-order valence-corrected chi connectivity index (χ1v) is 11.4. The Kier molecular flexibility index (Phi) is 5.24. The number of hydrogen-bond donors (Lipinski definition) is 1. The van der Waals surface area contributed by atoms with Gasteiger partial charge in [0.25, 0.3) is 0 Å². The number of phenolic OH excluding ortho intramolecular Hbond substituents is 1. The van der Waals surface area contributed by atoms with Crippen molar-refractivity contribution < 1.29 is 5.11 Å². The molecule has 0 unspecified atom stereocenters. The molecule has 0 bridgehead atoms. The van der Waals surface area contributed by atoms with Gasteiger partial charge in [0, 0.05) is 28.3 Å². The Hall–Kier alpha value is -4.83. The summed E-state index contributed by atoms with van der Waals surface area (Å²) >= 11 is 0. The number of aromatic hydroxyl groups is 1. The quantitative estimate of drug-likeness (QED) is 0.303. The van der Waals surface area contributed by atoms with E-state index in [1.807, 2.05) is 72.8 Å². The van der Waals surface area contributed by atoms with Crippen LogP contribution in [0.25, 0.3) is 55.9 Å². The molecule has 35 heavy (non-hydrogen) atoms. The highest BCUT2D eigenvalue weighted by molar-refractivity contribution is 5.97. The van der Waals surface area contributed by atoms with Crippen LogP contribution in [0.2, 0.25) is 0 Å². The Morgan fingerprint density at radius 2 is 1.11 bits per heavy atom. The molecule has 6 rings (SSSR count). The van der Waals surface area contributed by atoms with Gasteiger partial charge in [-0.25, -0.2) is 9.97 Å². The predicted molar refractivity (Wildman–Crippen MR) is 141 cm³/mol. The van der Waals surface area contributed by atoms with Gasteiger partial charge in [-0.1, -0.05) is 91.0 Å². The van der Waals surface area contributed by atoms with Crippen LogP contribution in [0.4, 0.5) is 0 Å². The lowest BCUT2D eigenvalue weighted by Gasteiger charge is -2.11. The number of hydrogen-bond acceptors (Lipinski definition) is 4. The van der Waals surface area contributed by atoms with Crippen LogP contribution in [-0.4, -0.2) is 20.1 Å². The Balaban J connectivity index is 1.45. The molecule has 0 amide bonds. The zero-order chi connectivity index (χ0) is 23.6. The predicted octanol–water partition coefficient (Wildman–Crippen LogP) is 7.40. The molecule has 0 radical (unpaired) electrons. The highest BCUT2D eigenvalue weighted by Crippen LogP contribution is 2.34.